The van der Waals surface area contributed by atoms with E-state index in [1.807, 2.05) is 25.1 Å². The lowest BCUT2D eigenvalue weighted by Crippen LogP contribution is -2.54. The van der Waals surface area contributed by atoms with Gasteiger partial charge in [0.1, 0.15) is 5.75 Å². The first-order chi connectivity index (χ1) is 10.2. The molecule has 0 spiro atoms. The number of ether oxygens (including phenoxy) is 1. The molecule has 0 aromatic heterocycles. The number of nitrogens with zero attached hydrogens (tertiary/aromatic N) is 1. The smallest absolute Gasteiger partial charge is 0.258 e. The van der Waals surface area contributed by atoms with E-state index in [4.69, 9.17) is 4.74 Å². The van der Waals surface area contributed by atoms with Crippen molar-refractivity contribution in [1.29, 1.82) is 0 Å². The summed E-state index contributed by atoms with van der Waals surface area (Å²) in [7, 11) is 0. The number of benzene rings is 1. The molecule has 2 amide bonds. The molecule has 0 radical (unpaired) electrons. The average Bonchev–Trinajstić information content (AvgIpc) is 2.52. The third-order valence-electron chi connectivity index (χ3n) is 3.37. The van der Waals surface area contributed by atoms with E-state index in [9.17, 15) is 9.59 Å². The Labute approximate surface area is 124 Å². The average molecular weight is 291 g/mol. The van der Waals surface area contributed by atoms with Crippen LogP contribution in [-0.4, -0.2) is 55.5 Å². The maximum absolute atomic E-state index is 12.0. The minimum Gasteiger partial charge on any atom is -0.484 e. The van der Waals surface area contributed by atoms with Crippen LogP contribution in [0.5, 0.6) is 5.75 Å². The lowest BCUT2D eigenvalue weighted by atomic mass is 10.2. The number of carbonyl (C=O) groups excluding carboxylic acids is 2. The standard InChI is InChI=1S/C15H21N3O3/c1-12-9-16-7-8-18(12)15(20)10-17-14(19)11-21-13-5-3-2-4-6-13/h2-6,12,16H,7-11H2,1H3,(H,17,19)/t12-/m0/s1. The van der Waals surface area contributed by atoms with Gasteiger partial charge in [0.25, 0.3) is 5.91 Å². The van der Waals surface area contributed by atoms with E-state index in [0.29, 0.717) is 12.3 Å². The molecule has 0 aliphatic carbocycles. The quantitative estimate of drug-likeness (QED) is 0.801. The fourth-order valence-electron chi connectivity index (χ4n) is 2.20. The predicted molar refractivity (Wildman–Crippen MR) is 79.0 cm³/mol. The van der Waals surface area contributed by atoms with Crippen LogP contribution >= 0.6 is 0 Å². The maximum atomic E-state index is 12.0. The number of amides is 2. The molecule has 0 saturated carbocycles. The van der Waals surface area contributed by atoms with Crippen LogP contribution < -0.4 is 15.4 Å². The van der Waals surface area contributed by atoms with Crippen LogP contribution in [0, 0.1) is 0 Å². The van der Waals surface area contributed by atoms with Gasteiger partial charge in [-0.15, -0.1) is 0 Å². The molecule has 1 heterocycles. The molecule has 0 bridgehead atoms. The molecule has 0 unspecified atom stereocenters. The zero-order chi connectivity index (χ0) is 15.1. The number of hydrogen-bond donors (Lipinski definition) is 2. The Morgan fingerprint density at radius 3 is 2.86 bits per heavy atom. The lowest BCUT2D eigenvalue weighted by Gasteiger charge is -2.34. The molecule has 1 aliphatic rings. The van der Waals surface area contributed by atoms with Crippen molar-refractivity contribution in [2.24, 2.45) is 0 Å². The number of nitrogens with one attached hydrogen (secondary N) is 2. The van der Waals surface area contributed by atoms with Crippen molar-refractivity contribution in [3.8, 4) is 5.75 Å². The van der Waals surface area contributed by atoms with Gasteiger partial charge in [-0.3, -0.25) is 9.59 Å². The van der Waals surface area contributed by atoms with Gasteiger partial charge in [0.05, 0.1) is 6.54 Å². The summed E-state index contributed by atoms with van der Waals surface area (Å²) in [6.45, 7) is 4.18. The van der Waals surface area contributed by atoms with Crippen LogP contribution in [0.2, 0.25) is 0 Å². The van der Waals surface area contributed by atoms with E-state index in [0.717, 1.165) is 13.1 Å². The van der Waals surface area contributed by atoms with Crippen LogP contribution in [0.1, 0.15) is 6.92 Å². The molecule has 114 valence electrons. The number of rotatable bonds is 5. The minimum atomic E-state index is -0.296. The van der Waals surface area contributed by atoms with Gasteiger partial charge in [-0.1, -0.05) is 18.2 Å². The van der Waals surface area contributed by atoms with Crippen molar-refractivity contribution in [2.75, 3.05) is 32.8 Å². The first-order valence-electron chi connectivity index (χ1n) is 7.11. The van der Waals surface area contributed by atoms with Gasteiger partial charge in [-0.25, -0.2) is 0 Å². The molecule has 1 aliphatic heterocycles. The van der Waals surface area contributed by atoms with E-state index in [1.54, 1.807) is 17.0 Å². The third kappa shape index (κ3) is 4.75. The molecule has 2 rings (SSSR count). The Kier molecular flexibility index (Phi) is 5.57. The Bertz CT molecular complexity index is 478. The third-order valence-corrected chi connectivity index (χ3v) is 3.37. The first kappa shape index (κ1) is 15.3. The van der Waals surface area contributed by atoms with Crippen molar-refractivity contribution >= 4 is 11.8 Å². The molecule has 2 N–H and O–H groups in total. The molecule has 6 heteroatoms. The van der Waals surface area contributed by atoms with Crippen LogP contribution in [-0.2, 0) is 9.59 Å². The molecule has 1 saturated heterocycles. The van der Waals surface area contributed by atoms with E-state index in [-0.39, 0.29) is 31.0 Å². The number of carbonyl (C=O) groups is 2. The summed E-state index contributed by atoms with van der Waals surface area (Å²) in [5.41, 5.74) is 0. The Balaban J connectivity index is 1.69. The van der Waals surface area contributed by atoms with Crippen LogP contribution in [0.25, 0.3) is 0 Å². The highest BCUT2D eigenvalue weighted by molar-refractivity contribution is 5.85. The number of hydrogen-bond acceptors (Lipinski definition) is 4. The van der Waals surface area contributed by atoms with Gasteiger partial charge < -0.3 is 20.3 Å². The van der Waals surface area contributed by atoms with Gasteiger partial charge in [0, 0.05) is 25.7 Å². The summed E-state index contributed by atoms with van der Waals surface area (Å²) in [6.07, 6.45) is 0. The summed E-state index contributed by atoms with van der Waals surface area (Å²) >= 11 is 0. The van der Waals surface area contributed by atoms with Crippen molar-refractivity contribution < 1.29 is 14.3 Å². The first-order valence-corrected chi connectivity index (χ1v) is 7.11. The van der Waals surface area contributed by atoms with Crippen LogP contribution in [0.15, 0.2) is 30.3 Å². The van der Waals surface area contributed by atoms with Gasteiger partial charge in [-0.05, 0) is 19.1 Å². The molecule has 21 heavy (non-hydrogen) atoms. The van der Waals surface area contributed by atoms with Crippen molar-refractivity contribution in [3.63, 3.8) is 0 Å². The summed E-state index contributed by atoms with van der Waals surface area (Å²) in [4.78, 5) is 25.5. The zero-order valence-corrected chi connectivity index (χ0v) is 12.2. The molecule has 1 aromatic carbocycles. The highest BCUT2D eigenvalue weighted by Crippen LogP contribution is 2.07. The van der Waals surface area contributed by atoms with Crippen molar-refractivity contribution in [3.05, 3.63) is 30.3 Å². The zero-order valence-electron chi connectivity index (χ0n) is 12.2. The van der Waals surface area contributed by atoms with E-state index in [1.165, 1.54) is 0 Å². The largest absolute Gasteiger partial charge is 0.484 e. The minimum absolute atomic E-state index is 0.0152. The van der Waals surface area contributed by atoms with Crippen LogP contribution in [0.3, 0.4) is 0 Å². The Morgan fingerprint density at radius 2 is 2.14 bits per heavy atom. The van der Waals surface area contributed by atoms with Crippen molar-refractivity contribution in [1.82, 2.24) is 15.5 Å². The second kappa shape index (κ2) is 7.64. The van der Waals surface area contributed by atoms with Gasteiger partial charge >= 0.3 is 0 Å². The summed E-state index contributed by atoms with van der Waals surface area (Å²) in [5, 5.41) is 5.82. The second-order valence-corrected chi connectivity index (χ2v) is 5.02. The molecule has 1 fully saturated rings. The molecular weight excluding hydrogens is 270 g/mol. The topological polar surface area (TPSA) is 70.7 Å². The van der Waals surface area contributed by atoms with Gasteiger partial charge in [0.15, 0.2) is 6.61 Å². The van der Waals surface area contributed by atoms with E-state index >= 15 is 0 Å². The fraction of sp³-hybridized carbons (Fsp3) is 0.467. The SMILES string of the molecule is C[C@H]1CNCCN1C(=O)CNC(=O)COc1ccccc1. The summed E-state index contributed by atoms with van der Waals surface area (Å²) in [5.74, 6) is 0.279. The van der Waals surface area contributed by atoms with Gasteiger partial charge in [0.2, 0.25) is 5.91 Å². The Morgan fingerprint density at radius 1 is 1.38 bits per heavy atom. The van der Waals surface area contributed by atoms with Crippen molar-refractivity contribution in [2.45, 2.75) is 13.0 Å². The Hall–Kier alpha value is -2.08. The summed E-state index contributed by atoms with van der Waals surface area (Å²) in [6, 6.07) is 9.26. The lowest BCUT2D eigenvalue weighted by molar-refractivity contribution is -0.135. The normalized spacial score (nSPS) is 18.1. The van der Waals surface area contributed by atoms with E-state index < -0.39 is 0 Å². The molecular formula is C15H21N3O3. The van der Waals surface area contributed by atoms with Gasteiger partial charge in [-0.2, -0.15) is 0 Å². The highest BCUT2D eigenvalue weighted by atomic mass is 16.5. The molecule has 6 nitrogen and oxygen atoms in total. The number of para-hydroxylation sites is 1. The maximum Gasteiger partial charge on any atom is 0.258 e. The highest BCUT2D eigenvalue weighted by Gasteiger charge is 2.22. The summed E-state index contributed by atoms with van der Waals surface area (Å²) < 4.78 is 5.32. The second-order valence-electron chi connectivity index (χ2n) is 5.02. The molecule has 1 aromatic rings. The fourth-order valence-corrected chi connectivity index (χ4v) is 2.20. The molecule has 1 atom stereocenters. The van der Waals surface area contributed by atoms with Crippen LogP contribution in [0.4, 0.5) is 0 Å². The van der Waals surface area contributed by atoms with E-state index in [2.05, 4.69) is 10.6 Å². The monoisotopic (exact) mass is 291 g/mol. The number of piperazine rings is 1. The predicted octanol–water partition coefficient (Wildman–Crippen LogP) is 0.00190.